The Balaban J connectivity index is 1.58. The third kappa shape index (κ3) is 6.82. The average molecular weight is 559 g/mol. The zero-order valence-corrected chi connectivity index (χ0v) is 22.8. The summed E-state index contributed by atoms with van der Waals surface area (Å²) in [6, 6.07) is 5.12. The molecule has 208 valence electrons. The molecule has 2 heterocycles. The van der Waals surface area contributed by atoms with Crippen LogP contribution in [0.5, 0.6) is 0 Å². The molecule has 2 aromatic heterocycles. The van der Waals surface area contributed by atoms with Crippen molar-refractivity contribution in [2.24, 2.45) is 0 Å². The van der Waals surface area contributed by atoms with Crippen LogP contribution in [0.1, 0.15) is 58.0 Å². The molecular weight excluding hydrogens is 527 g/mol. The summed E-state index contributed by atoms with van der Waals surface area (Å²) in [5, 5.41) is 10.5. The number of fused-ring (bicyclic) bond motifs is 1. The number of rotatable bonds is 10. The highest BCUT2D eigenvalue weighted by Crippen LogP contribution is 2.34. The number of ether oxygens (including phenoxy) is 1. The third-order valence-electron chi connectivity index (χ3n) is 6.08. The van der Waals surface area contributed by atoms with Gasteiger partial charge in [-0.15, -0.1) is 0 Å². The van der Waals surface area contributed by atoms with Crippen molar-refractivity contribution in [3.63, 3.8) is 0 Å². The molecule has 0 atom stereocenters. The first-order chi connectivity index (χ1) is 18.5. The van der Waals surface area contributed by atoms with Gasteiger partial charge in [-0.05, 0) is 62.7 Å². The molecule has 0 radical (unpaired) electrons. The van der Waals surface area contributed by atoms with Gasteiger partial charge in [0, 0.05) is 30.0 Å². The normalized spacial score (nSPS) is 13.3. The van der Waals surface area contributed by atoms with Gasteiger partial charge in [-0.3, -0.25) is 14.1 Å². The van der Waals surface area contributed by atoms with Gasteiger partial charge < -0.3 is 25.2 Å². The molecule has 3 amide bonds. The Hall–Kier alpha value is -3.77. The van der Waals surface area contributed by atoms with Crippen LogP contribution in [0.4, 0.5) is 16.3 Å². The summed E-state index contributed by atoms with van der Waals surface area (Å²) in [6.45, 7) is 4.77. The van der Waals surface area contributed by atoms with Crippen LogP contribution in [0, 0.1) is 13.8 Å². The van der Waals surface area contributed by atoms with Gasteiger partial charge in [0.05, 0.1) is 5.56 Å². The van der Waals surface area contributed by atoms with Gasteiger partial charge in [0.15, 0.2) is 5.82 Å². The van der Waals surface area contributed by atoms with E-state index >= 15 is 0 Å². The van der Waals surface area contributed by atoms with Crippen LogP contribution < -0.4 is 10.6 Å². The summed E-state index contributed by atoms with van der Waals surface area (Å²) in [5.74, 6) is -0.334. The van der Waals surface area contributed by atoms with Crippen molar-refractivity contribution in [2.75, 3.05) is 18.7 Å². The van der Waals surface area contributed by atoms with Crippen LogP contribution >= 0.6 is 7.57 Å². The second-order valence-electron chi connectivity index (χ2n) is 9.25. The van der Waals surface area contributed by atoms with Gasteiger partial charge in [-0.1, -0.05) is 13.0 Å². The van der Waals surface area contributed by atoms with E-state index in [1.807, 2.05) is 13.8 Å². The van der Waals surface area contributed by atoms with E-state index < -0.39 is 26.4 Å². The number of anilines is 2. The van der Waals surface area contributed by atoms with Gasteiger partial charge in [-0.2, -0.15) is 5.10 Å². The fraction of sp³-hybridized carbons (Fsp3) is 0.360. The van der Waals surface area contributed by atoms with Crippen molar-refractivity contribution in [2.45, 2.75) is 46.1 Å². The van der Waals surface area contributed by atoms with Gasteiger partial charge in [-0.25, -0.2) is 19.2 Å². The molecule has 39 heavy (non-hydrogen) atoms. The molecule has 0 unspecified atom stereocenters. The molecule has 0 saturated heterocycles. The van der Waals surface area contributed by atoms with E-state index in [1.165, 1.54) is 6.33 Å². The summed E-state index contributed by atoms with van der Waals surface area (Å²) >= 11 is 0. The van der Waals surface area contributed by atoms with E-state index in [0.717, 1.165) is 23.3 Å². The maximum atomic E-state index is 13.3. The zero-order chi connectivity index (χ0) is 28.3. The van der Waals surface area contributed by atoms with E-state index in [4.69, 9.17) is 4.74 Å². The molecule has 1 aromatic carbocycles. The molecule has 1 saturated carbocycles. The number of hydrogen-bond donors (Lipinski definition) is 4. The largest absolute Gasteiger partial charge is 0.421 e. The van der Waals surface area contributed by atoms with Gasteiger partial charge >= 0.3 is 6.09 Å². The monoisotopic (exact) mass is 558 g/mol. The number of amides is 3. The highest BCUT2D eigenvalue weighted by atomic mass is 31.2. The summed E-state index contributed by atoms with van der Waals surface area (Å²) in [6.07, 6.45) is 7.47. The predicted molar refractivity (Wildman–Crippen MR) is 145 cm³/mol. The average Bonchev–Trinajstić information content (AvgIpc) is 3.62. The van der Waals surface area contributed by atoms with Gasteiger partial charge in [0.2, 0.25) is 14.4 Å². The number of nitrogens with zero attached hydrogens (tertiary/aromatic N) is 4. The van der Waals surface area contributed by atoms with E-state index in [2.05, 4.69) is 31.5 Å². The SMILES string of the molecule is C=P(O)(O)OCOC(=O)N(CCC)C(=O)c1ccc(C)c(Nc2ncnn3cc(C(=O)NC4CC4)c(C)c23)c1. The highest BCUT2D eigenvalue weighted by molar-refractivity contribution is 7.57. The van der Waals surface area contributed by atoms with Crippen LogP contribution in [-0.4, -0.2) is 72.9 Å². The third-order valence-corrected chi connectivity index (χ3v) is 6.60. The number of carbonyl (C=O) groups is 3. The molecule has 3 aromatic rings. The second kappa shape index (κ2) is 11.5. The van der Waals surface area contributed by atoms with E-state index in [0.29, 0.717) is 34.6 Å². The molecule has 13 nitrogen and oxygen atoms in total. The van der Waals surface area contributed by atoms with Crippen LogP contribution in [0.15, 0.2) is 30.7 Å². The molecule has 1 aliphatic rings. The lowest BCUT2D eigenvalue weighted by molar-refractivity contribution is 0.0273. The van der Waals surface area contributed by atoms with Crippen molar-refractivity contribution in [3.8, 4) is 0 Å². The summed E-state index contributed by atoms with van der Waals surface area (Å²) < 4.78 is 11.0. The maximum Gasteiger partial charge on any atom is 0.418 e. The first kappa shape index (κ1) is 28.2. The lowest BCUT2D eigenvalue weighted by Crippen LogP contribution is -2.38. The second-order valence-corrected chi connectivity index (χ2v) is 10.8. The molecule has 14 heteroatoms. The number of imide groups is 1. The fourth-order valence-corrected chi connectivity index (χ4v) is 4.10. The Morgan fingerprint density at radius 3 is 2.67 bits per heavy atom. The van der Waals surface area contributed by atoms with Crippen molar-refractivity contribution in [1.82, 2.24) is 24.8 Å². The zero-order valence-electron chi connectivity index (χ0n) is 21.9. The standard InChI is InChI=1S/C25H31N6O7P/c1-5-10-30(25(34)37-14-38-39(4,35)36)24(33)17-7-6-15(2)20(11-17)29-22-21-16(3)19(12-31(21)27-13-26-22)23(32)28-18-8-9-18/h6-7,11-13,18,35-36H,4-5,8-10,14H2,1-3H3,(H,28,32)(H,26,27,29). The van der Waals surface area contributed by atoms with E-state index in [-0.39, 0.29) is 24.1 Å². The van der Waals surface area contributed by atoms with Crippen molar-refractivity contribution in [1.29, 1.82) is 0 Å². The van der Waals surface area contributed by atoms with Crippen molar-refractivity contribution in [3.05, 3.63) is 53.0 Å². The maximum absolute atomic E-state index is 13.3. The minimum atomic E-state index is -3.85. The van der Waals surface area contributed by atoms with Gasteiger partial charge in [0.25, 0.3) is 11.8 Å². The van der Waals surface area contributed by atoms with Crippen molar-refractivity contribution < 1.29 is 33.4 Å². The molecule has 1 aliphatic carbocycles. The number of aromatic nitrogens is 3. The summed E-state index contributed by atoms with van der Waals surface area (Å²) in [7, 11) is -3.85. The number of nitrogens with one attached hydrogen (secondary N) is 2. The summed E-state index contributed by atoms with van der Waals surface area (Å²) in [5.41, 5.74) is 3.40. The molecule has 0 aliphatic heterocycles. The summed E-state index contributed by atoms with van der Waals surface area (Å²) in [4.78, 5) is 62.2. The Labute approximate surface area is 225 Å². The molecule has 1 fully saturated rings. The van der Waals surface area contributed by atoms with Crippen LogP contribution in [0.3, 0.4) is 0 Å². The Bertz CT molecular complexity index is 1460. The smallest absolute Gasteiger partial charge is 0.418 e. The minimum absolute atomic E-state index is 0.0683. The molecule has 4 N–H and O–H groups in total. The lowest BCUT2D eigenvalue weighted by Gasteiger charge is -2.21. The minimum Gasteiger partial charge on any atom is -0.421 e. The Kier molecular flexibility index (Phi) is 8.36. The molecular formula is C25H31N6O7P. The van der Waals surface area contributed by atoms with Crippen molar-refractivity contribution >= 4 is 48.8 Å². The van der Waals surface area contributed by atoms with Crippen LogP contribution in [-0.2, 0) is 9.26 Å². The van der Waals surface area contributed by atoms with E-state index in [1.54, 1.807) is 35.8 Å². The fourth-order valence-electron chi connectivity index (χ4n) is 3.88. The first-order valence-electron chi connectivity index (χ1n) is 12.3. The molecule has 0 bridgehead atoms. The highest BCUT2D eigenvalue weighted by Gasteiger charge is 2.27. The number of benzene rings is 1. The first-order valence-corrected chi connectivity index (χ1v) is 14.1. The topological polar surface area (TPSA) is 168 Å². The Morgan fingerprint density at radius 1 is 1.26 bits per heavy atom. The number of hydrogen-bond acceptors (Lipinski definition) is 10. The Morgan fingerprint density at radius 2 is 2.00 bits per heavy atom. The number of aryl methyl sites for hydroxylation is 2. The van der Waals surface area contributed by atoms with E-state index in [9.17, 15) is 24.2 Å². The van der Waals surface area contributed by atoms with Crippen LogP contribution in [0.25, 0.3) is 5.52 Å². The molecule has 4 rings (SSSR count). The predicted octanol–water partition coefficient (Wildman–Crippen LogP) is 3.12. The molecule has 0 spiro atoms. The lowest BCUT2D eigenvalue weighted by atomic mass is 10.1. The van der Waals surface area contributed by atoms with Gasteiger partial charge in [0.1, 0.15) is 11.8 Å². The van der Waals surface area contributed by atoms with Crippen LogP contribution in [0.2, 0.25) is 0 Å². The quantitative estimate of drug-likeness (QED) is 0.214. The number of carbonyl (C=O) groups excluding carboxylic acids is 3.